The minimum atomic E-state index is -0.197. The highest BCUT2D eigenvalue weighted by Gasteiger charge is 2.26. The molecule has 0 fully saturated rings. The fourth-order valence-electron chi connectivity index (χ4n) is 2.30. The predicted molar refractivity (Wildman–Crippen MR) is 89.8 cm³/mol. The Bertz CT molecular complexity index is 771. The van der Waals surface area contributed by atoms with Gasteiger partial charge in [-0.25, -0.2) is 4.99 Å². The van der Waals surface area contributed by atoms with Crippen LogP contribution in [0.5, 0.6) is 0 Å². The third kappa shape index (κ3) is 2.74. The first kappa shape index (κ1) is 14.3. The van der Waals surface area contributed by atoms with Crippen molar-refractivity contribution in [1.82, 2.24) is 0 Å². The lowest BCUT2D eigenvalue weighted by atomic mass is 10.1. The Morgan fingerprint density at radius 1 is 1.24 bits per heavy atom. The third-order valence-electron chi connectivity index (χ3n) is 3.35. The van der Waals surface area contributed by atoms with Crippen molar-refractivity contribution in [2.24, 2.45) is 4.99 Å². The summed E-state index contributed by atoms with van der Waals surface area (Å²) in [6, 6.07) is 11.2. The fourth-order valence-corrected chi connectivity index (χ4v) is 2.88. The minimum absolute atomic E-state index is 0.197. The van der Waals surface area contributed by atoms with Gasteiger partial charge in [0.15, 0.2) is 0 Å². The van der Waals surface area contributed by atoms with E-state index < -0.39 is 0 Å². The Labute approximate surface area is 136 Å². The molecule has 0 saturated carbocycles. The Morgan fingerprint density at radius 3 is 2.81 bits per heavy atom. The first-order valence-corrected chi connectivity index (χ1v) is 7.74. The molecule has 0 aliphatic carbocycles. The van der Waals surface area contributed by atoms with Crippen molar-refractivity contribution in [2.75, 3.05) is 5.32 Å². The molecule has 1 heterocycles. The average molecular weight is 364 g/mol. The van der Waals surface area contributed by atoms with Crippen molar-refractivity contribution in [3.05, 3.63) is 57.0 Å². The smallest absolute Gasteiger partial charge is 0.275 e. The van der Waals surface area contributed by atoms with E-state index in [1.54, 1.807) is 18.2 Å². The summed E-state index contributed by atoms with van der Waals surface area (Å²) >= 11 is 9.47. The molecule has 2 aromatic carbocycles. The van der Waals surface area contributed by atoms with E-state index in [0.717, 1.165) is 33.4 Å². The second-order valence-corrected chi connectivity index (χ2v) is 6.08. The van der Waals surface area contributed by atoms with Gasteiger partial charge in [-0.1, -0.05) is 34.5 Å². The number of halogens is 2. The van der Waals surface area contributed by atoms with Gasteiger partial charge in [0.05, 0.1) is 11.4 Å². The van der Waals surface area contributed by atoms with Gasteiger partial charge in [0.1, 0.15) is 5.71 Å². The van der Waals surface area contributed by atoms with Gasteiger partial charge in [0.2, 0.25) is 0 Å². The number of aliphatic imine (C=N–C) groups is 1. The van der Waals surface area contributed by atoms with Gasteiger partial charge in [-0.3, -0.25) is 4.79 Å². The summed E-state index contributed by atoms with van der Waals surface area (Å²) in [5, 5.41) is 3.39. The summed E-state index contributed by atoms with van der Waals surface area (Å²) in [7, 11) is 0. The van der Waals surface area contributed by atoms with Crippen LogP contribution in [-0.4, -0.2) is 11.6 Å². The van der Waals surface area contributed by atoms with Crippen molar-refractivity contribution < 1.29 is 4.79 Å². The van der Waals surface area contributed by atoms with E-state index in [9.17, 15) is 4.79 Å². The third-order valence-corrected chi connectivity index (χ3v) is 4.08. The van der Waals surface area contributed by atoms with E-state index in [1.165, 1.54) is 0 Å². The zero-order chi connectivity index (χ0) is 15.0. The molecule has 106 valence electrons. The topological polar surface area (TPSA) is 41.5 Å². The number of fused-ring (bicyclic) bond motifs is 1. The van der Waals surface area contributed by atoms with Crippen molar-refractivity contribution in [1.29, 1.82) is 0 Å². The Morgan fingerprint density at radius 2 is 2.05 bits per heavy atom. The van der Waals surface area contributed by atoms with Gasteiger partial charge >= 0.3 is 0 Å². The molecule has 0 atom stereocenters. The highest BCUT2D eigenvalue weighted by atomic mass is 79.9. The molecule has 1 amide bonds. The SMILES string of the molecule is CCc1cc(Br)ccc1N=C1C(=O)Nc2ccc(Cl)cc21. The van der Waals surface area contributed by atoms with Gasteiger partial charge in [-0.05, 0) is 48.4 Å². The number of carbonyl (C=O) groups excluding carboxylic acids is 1. The highest BCUT2D eigenvalue weighted by Crippen LogP contribution is 2.30. The molecule has 3 rings (SSSR count). The molecule has 1 aliphatic heterocycles. The summed E-state index contributed by atoms with van der Waals surface area (Å²) in [4.78, 5) is 16.7. The number of hydrogen-bond donors (Lipinski definition) is 1. The maximum absolute atomic E-state index is 12.1. The highest BCUT2D eigenvalue weighted by molar-refractivity contribution is 9.10. The molecule has 2 aromatic rings. The number of benzene rings is 2. The number of carbonyl (C=O) groups is 1. The lowest BCUT2D eigenvalue weighted by molar-refractivity contribution is -0.110. The molecule has 0 aromatic heterocycles. The lowest BCUT2D eigenvalue weighted by Gasteiger charge is -2.05. The first-order valence-electron chi connectivity index (χ1n) is 6.57. The van der Waals surface area contributed by atoms with E-state index in [4.69, 9.17) is 11.6 Å². The van der Waals surface area contributed by atoms with Crippen molar-refractivity contribution in [3.63, 3.8) is 0 Å². The molecule has 3 nitrogen and oxygen atoms in total. The van der Waals surface area contributed by atoms with Gasteiger partial charge in [-0.2, -0.15) is 0 Å². The van der Waals surface area contributed by atoms with Crippen molar-refractivity contribution in [3.8, 4) is 0 Å². The summed E-state index contributed by atoms with van der Waals surface area (Å²) in [6.07, 6.45) is 0.843. The molecule has 0 saturated heterocycles. The molecule has 5 heteroatoms. The van der Waals surface area contributed by atoms with Crippen LogP contribution in [0, 0.1) is 0 Å². The van der Waals surface area contributed by atoms with Crippen LogP contribution in [0.15, 0.2) is 45.9 Å². The number of aryl methyl sites for hydroxylation is 1. The van der Waals surface area contributed by atoms with E-state index in [1.807, 2.05) is 18.2 Å². The molecular formula is C16H12BrClN2O. The van der Waals surface area contributed by atoms with Crippen LogP contribution in [-0.2, 0) is 11.2 Å². The molecule has 1 N–H and O–H groups in total. The summed E-state index contributed by atoms with van der Waals surface area (Å²) in [6.45, 7) is 2.06. The number of nitrogens with one attached hydrogen (secondary N) is 1. The number of rotatable bonds is 2. The fraction of sp³-hybridized carbons (Fsp3) is 0.125. The number of amides is 1. The van der Waals surface area contributed by atoms with Crippen molar-refractivity contribution in [2.45, 2.75) is 13.3 Å². The summed E-state index contributed by atoms with van der Waals surface area (Å²) in [5.74, 6) is -0.197. The molecule has 0 spiro atoms. The second-order valence-electron chi connectivity index (χ2n) is 4.73. The first-order chi connectivity index (χ1) is 10.1. The van der Waals surface area contributed by atoms with Crippen LogP contribution in [0.25, 0.3) is 0 Å². The minimum Gasteiger partial charge on any atom is -0.320 e. The molecule has 0 bridgehead atoms. The standard InChI is InChI=1S/C16H12BrClN2O/c1-2-9-7-10(17)3-5-13(9)19-15-12-8-11(18)4-6-14(12)20-16(15)21/h3-8H,2H2,1H3,(H,19,20,21). The van der Waals surface area contributed by atoms with Gasteiger partial charge in [0.25, 0.3) is 5.91 Å². The van der Waals surface area contributed by atoms with Crippen LogP contribution in [0.3, 0.4) is 0 Å². The molecule has 0 radical (unpaired) electrons. The maximum atomic E-state index is 12.1. The van der Waals surface area contributed by atoms with Crippen LogP contribution < -0.4 is 5.32 Å². The normalized spacial score (nSPS) is 15.2. The second kappa shape index (κ2) is 5.62. The number of hydrogen-bond acceptors (Lipinski definition) is 2. The lowest BCUT2D eigenvalue weighted by Crippen LogP contribution is -2.14. The Balaban J connectivity index is 2.13. The number of nitrogens with zero attached hydrogens (tertiary/aromatic N) is 1. The van der Waals surface area contributed by atoms with Crippen LogP contribution in [0.1, 0.15) is 18.1 Å². The molecule has 1 aliphatic rings. The monoisotopic (exact) mass is 362 g/mol. The molecule has 0 unspecified atom stereocenters. The molecule has 21 heavy (non-hydrogen) atoms. The Kier molecular flexibility index (Phi) is 3.83. The van der Waals surface area contributed by atoms with Gasteiger partial charge in [-0.15, -0.1) is 0 Å². The Hall–Kier alpha value is -1.65. The maximum Gasteiger partial charge on any atom is 0.275 e. The zero-order valence-electron chi connectivity index (χ0n) is 11.3. The van der Waals surface area contributed by atoms with E-state index in [2.05, 4.69) is 33.2 Å². The zero-order valence-corrected chi connectivity index (χ0v) is 13.6. The summed E-state index contributed by atoms with van der Waals surface area (Å²) in [5.41, 5.74) is 3.79. The number of anilines is 1. The van der Waals surface area contributed by atoms with Crippen LogP contribution in [0.2, 0.25) is 5.02 Å². The van der Waals surface area contributed by atoms with Gasteiger partial charge < -0.3 is 5.32 Å². The van der Waals surface area contributed by atoms with Crippen LogP contribution >= 0.6 is 27.5 Å². The van der Waals surface area contributed by atoms with E-state index >= 15 is 0 Å². The van der Waals surface area contributed by atoms with E-state index in [-0.39, 0.29) is 5.91 Å². The quantitative estimate of drug-likeness (QED) is 0.823. The van der Waals surface area contributed by atoms with Crippen molar-refractivity contribution >= 4 is 50.5 Å². The summed E-state index contributed by atoms with van der Waals surface area (Å²) < 4.78 is 1.00. The largest absolute Gasteiger partial charge is 0.320 e. The molecular weight excluding hydrogens is 352 g/mol. The van der Waals surface area contributed by atoms with Crippen LogP contribution in [0.4, 0.5) is 11.4 Å². The van der Waals surface area contributed by atoms with Gasteiger partial charge in [0, 0.05) is 15.1 Å². The predicted octanol–water partition coefficient (Wildman–Crippen LogP) is 4.74. The van der Waals surface area contributed by atoms with E-state index in [0.29, 0.717) is 10.7 Å². The average Bonchev–Trinajstić information content (AvgIpc) is 2.76.